The molecule has 0 unspecified atom stereocenters. The Balaban J connectivity index is 1.65. The van der Waals surface area contributed by atoms with E-state index >= 15 is 0 Å². The van der Waals surface area contributed by atoms with Gasteiger partial charge >= 0.3 is 0 Å². The van der Waals surface area contributed by atoms with Crippen LogP contribution >= 0.6 is 0 Å². The lowest BCUT2D eigenvalue weighted by Crippen LogP contribution is -2.37. The number of likely N-dealkylation sites (tertiary alicyclic amines) is 1. The second kappa shape index (κ2) is 7.34. The molecule has 0 radical (unpaired) electrons. The average molecular weight is 244 g/mol. The number of benzene rings is 1. The number of hydrogen-bond acceptors (Lipinski definition) is 2. The van der Waals surface area contributed by atoms with E-state index in [1.165, 1.54) is 31.5 Å². The molecule has 1 aromatic carbocycles. The smallest absolute Gasteiger partial charge is 0.0221 e. The first-order valence-corrected chi connectivity index (χ1v) is 7.06. The summed E-state index contributed by atoms with van der Waals surface area (Å²) in [7, 11) is 0. The van der Waals surface area contributed by atoms with Crippen molar-refractivity contribution in [3.63, 3.8) is 0 Å². The van der Waals surface area contributed by atoms with Gasteiger partial charge in [0.2, 0.25) is 0 Å². The number of likely N-dealkylation sites (N-methyl/N-ethyl adjacent to an activating group) is 1. The SMILES string of the molecule is CCN1CCC[C@@H]1CNC/C=C/c1ccccc1. The van der Waals surface area contributed by atoms with Gasteiger partial charge in [-0.05, 0) is 31.5 Å². The monoisotopic (exact) mass is 244 g/mol. The van der Waals surface area contributed by atoms with Gasteiger partial charge in [-0.15, -0.1) is 0 Å². The van der Waals surface area contributed by atoms with Gasteiger partial charge in [0.15, 0.2) is 0 Å². The number of rotatable bonds is 6. The van der Waals surface area contributed by atoms with Crippen LogP contribution in [-0.2, 0) is 0 Å². The Morgan fingerprint density at radius 2 is 2.17 bits per heavy atom. The lowest BCUT2D eigenvalue weighted by Gasteiger charge is -2.22. The molecular weight excluding hydrogens is 220 g/mol. The van der Waals surface area contributed by atoms with Gasteiger partial charge in [-0.25, -0.2) is 0 Å². The zero-order valence-electron chi connectivity index (χ0n) is 11.3. The molecule has 18 heavy (non-hydrogen) atoms. The molecule has 0 spiro atoms. The summed E-state index contributed by atoms with van der Waals surface area (Å²) in [4.78, 5) is 2.58. The molecule has 0 saturated carbocycles. The zero-order valence-corrected chi connectivity index (χ0v) is 11.3. The van der Waals surface area contributed by atoms with Gasteiger partial charge in [0, 0.05) is 19.1 Å². The summed E-state index contributed by atoms with van der Waals surface area (Å²) in [5, 5.41) is 3.53. The number of nitrogens with one attached hydrogen (secondary N) is 1. The molecule has 1 aliphatic rings. The van der Waals surface area contributed by atoms with Crippen molar-refractivity contribution in [3.8, 4) is 0 Å². The highest BCUT2D eigenvalue weighted by Gasteiger charge is 2.21. The first kappa shape index (κ1) is 13.3. The molecular formula is C16H24N2. The maximum absolute atomic E-state index is 3.53. The first-order valence-electron chi connectivity index (χ1n) is 7.06. The number of nitrogens with zero attached hydrogens (tertiary/aromatic N) is 1. The van der Waals surface area contributed by atoms with E-state index in [0.29, 0.717) is 0 Å². The van der Waals surface area contributed by atoms with Crippen molar-refractivity contribution < 1.29 is 0 Å². The van der Waals surface area contributed by atoms with Gasteiger partial charge < -0.3 is 5.32 Å². The average Bonchev–Trinajstić information content (AvgIpc) is 2.87. The van der Waals surface area contributed by atoms with Crippen LogP contribution in [0.2, 0.25) is 0 Å². The molecule has 0 aromatic heterocycles. The Bertz CT molecular complexity index is 359. The van der Waals surface area contributed by atoms with Crippen LogP contribution in [0.25, 0.3) is 6.08 Å². The Hall–Kier alpha value is -1.12. The largest absolute Gasteiger partial charge is 0.312 e. The third-order valence-electron chi connectivity index (χ3n) is 3.66. The van der Waals surface area contributed by atoms with Crippen LogP contribution in [0.5, 0.6) is 0 Å². The number of hydrogen-bond donors (Lipinski definition) is 1. The van der Waals surface area contributed by atoms with Crippen LogP contribution in [-0.4, -0.2) is 37.1 Å². The minimum Gasteiger partial charge on any atom is -0.312 e. The molecule has 2 heteroatoms. The third kappa shape index (κ3) is 3.97. The maximum Gasteiger partial charge on any atom is 0.0221 e. The van der Waals surface area contributed by atoms with Crippen LogP contribution in [0.3, 0.4) is 0 Å². The third-order valence-corrected chi connectivity index (χ3v) is 3.66. The lowest BCUT2D eigenvalue weighted by atomic mass is 10.2. The van der Waals surface area contributed by atoms with Gasteiger partial charge in [-0.1, -0.05) is 49.4 Å². The van der Waals surface area contributed by atoms with Gasteiger partial charge in [0.1, 0.15) is 0 Å². The molecule has 2 nitrogen and oxygen atoms in total. The van der Waals surface area contributed by atoms with E-state index in [9.17, 15) is 0 Å². The topological polar surface area (TPSA) is 15.3 Å². The maximum atomic E-state index is 3.53. The minimum atomic E-state index is 0.750. The Morgan fingerprint density at radius 3 is 2.94 bits per heavy atom. The fourth-order valence-electron chi connectivity index (χ4n) is 2.64. The van der Waals surface area contributed by atoms with Crippen LogP contribution in [0.4, 0.5) is 0 Å². The van der Waals surface area contributed by atoms with Crippen LogP contribution in [0.1, 0.15) is 25.3 Å². The molecule has 2 rings (SSSR count). The van der Waals surface area contributed by atoms with Gasteiger partial charge in [-0.3, -0.25) is 4.90 Å². The summed E-state index contributed by atoms with van der Waals surface area (Å²) in [6.45, 7) is 6.80. The minimum absolute atomic E-state index is 0.750. The summed E-state index contributed by atoms with van der Waals surface area (Å²) >= 11 is 0. The fourth-order valence-corrected chi connectivity index (χ4v) is 2.64. The second-order valence-corrected chi connectivity index (χ2v) is 4.90. The van der Waals surface area contributed by atoms with Crippen molar-refractivity contribution >= 4 is 6.08 Å². The van der Waals surface area contributed by atoms with Crippen molar-refractivity contribution in [1.82, 2.24) is 10.2 Å². The summed E-state index contributed by atoms with van der Waals surface area (Å²) < 4.78 is 0. The Morgan fingerprint density at radius 1 is 1.33 bits per heavy atom. The highest BCUT2D eigenvalue weighted by atomic mass is 15.2. The Labute approximate surface area is 111 Å². The van der Waals surface area contributed by atoms with Gasteiger partial charge in [0.05, 0.1) is 0 Å². The van der Waals surface area contributed by atoms with Crippen molar-refractivity contribution in [2.75, 3.05) is 26.2 Å². The van der Waals surface area contributed by atoms with Crippen molar-refractivity contribution in [2.45, 2.75) is 25.8 Å². The van der Waals surface area contributed by atoms with Crippen LogP contribution in [0.15, 0.2) is 36.4 Å². The van der Waals surface area contributed by atoms with E-state index in [1.807, 2.05) is 0 Å². The molecule has 1 aromatic rings. The van der Waals surface area contributed by atoms with E-state index in [-0.39, 0.29) is 0 Å². The molecule has 98 valence electrons. The van der Waals surface area contributed by atoms with Crippen LogP contribution < -0.4 is 5.32 Å². The predicted molar refractivity (Wildman–Crippen MR) is 78.6 cm³/mol. The zero-order chi connectivity index (χ0) is 12.6. The molecule has 1 fully saturated rings. The van der Waals surface area contributed by atoms with E-state index in [1.54, 1.807) is 0 Å². The molecule has 1 atom stereocenters. The van der Waals surface area contributed by atoms with Crippen molar-refractivity contribution in [3.05, 3.63) is 42.0 Å². The van der Waals surface area contributed by atoms with Gasteiger partial charge in [0.25, 0.3) is 0 Å². The van der Waals surface area contributed by atoms with Crippen molar-refractivity contribution in [2.24, 2.45) is 0 Å². The quantitative estimate of drug-likeness (QED) is 0.774. The van der Waals surface area contributed by atoms with E-state index in [2.05, 4.69) is 59.6 Å². The molecule has 0 bridgehead atoms. The highest BCUT2D eigenvalue weighted by Crippen LogP contribution is 2.15. The normalized spacial score (nSPS) is 20.8. The summed E-state index contributed by atoms with van der Waals surface area (Å²) in [6.07, 6.45) is 7.10. The summed E-state index contributed by atoms with van der Waals surface area (Å²) in [6, 6.07) is 11.2. The highest BCUT2D eigenvalue weighted by molar-refractivity contribution is 5.48. The Kier molecular flexibility index (Phi) is 5.43. The second-order valence-electron chi connectivity index (χ2n) is 4.90. The lowest BCUT2D eigenvalue weighted by molar-refractivity contribution is 0.262. The molecule has 1 saturated heterocycles. The molecule has 1 heterocycles. The van der Waals surface area contributed by atoms with E-state index < -0.39 is 0 Å². The van der Waals surface area contributed by atoms with E-state index in [0.717, 1.165) is 19.1 Å². The fraction of sp³-hybridized carbons (Fsp3) is 0.500. The molecule has 1 N–H and O–H groups in total. The summed E-state index contributed by atoms with van der Waals surface area (Å²) in [5.74, 6) is 0. The van der Waals surface area contributed by atoms with Crippen molar-refractivity contribution in [1.29, 1.82) is 0 Å². The standard InChI is InChI=1S/C16H24N2/c1-2-18-13-7-11-16(18)14-17-12-6-10-15-8-4-3-5-9-15/h3-6,8-10,16-17H,2,7,11-14H2,1H3/b10-6+/t16-/m1/s1. The van der Waals surface area contributed by atoms with Crippen LogP contribution in [0, 0.1) is 0 Å². The van der Waals surface area contributed by atoms with E-state index in [4.69, 9.17) is 0 Å². The molecule has 0 aliphatic carbocycles. The summed E-state index contributed by atoms with van der Waals surface area (Å²) in [5.41, 5.74) is 1.27. The molecule has 0 amide bonds. The van der Waals surface area contributed by atoms with Gasteiger partial charge in [-0.2, -0.15) is 0 Å². The predicted octanol–water partition coefficient (Wildman–Crippen LogP) is 2.77. The first-order chi connectivity index (χ1) is 8.90. The molecule has 1 aliphatic heterocycles.